The summed E-state index contributed by atoms with van der Waals surface area (Å²) in [4.78, 5) is 0. The predicted molar refractivity (Wildman–Crippen MR) is 72.6 cm³/mol. The molecule has 1 aromatic heterocycles. The van der Waals surface area contributed by atoms with Gasteiger partial charge in [0.05, 0.1) is 28.0 Å². The van der Waals surface area contributed by atoms with E-state index in [9.17, 15) is 0 Å². The zero-order valence-electron chi connectivity index (χ0n) is 9.79. The summed E-state index contributed by atoms with van der Waals surface area (Å²) in [6.07, 6.45) is 0. The van der Waals surface area contributed by atoms with Crippen LogP contribution < -0.4 is 4.74 Å². The van der Waals surface area contributed by atoms with Gasteiger partial charge in [0, 0.05) is 12.6 Å². The minimum absolute atomic E-state index is 0.646. The SMILES string of the molecule is COc1ccc(-c2c(Br)c(C)nn2C)c(Cl)c1. The van der Waals surface area contributed by atoms with Crippen molar-refractivity contribution in [2.45, 2.75) is 6.92 Å². The fourth-order valence-corrected chi connectivity index (χ4v) is 2.55. The quantitative estimate of drug-likeness (QED) is 0.842. The van der Waals surface area contributed by atoms with Gasteiger partial charge in [0.15, 0.2) is 0 Å². The minimum Gasteiger partial charge on any atom is -0.497 e. The summed E-state index contributed by atoms with van der Waals surface area (Å²) in [5.41, 5.74) is 2.84. The molecular formula is C12H12BrClN2O. The van der Waals surface area contributed by atoms with Crippen molar-refractivity contribution in [1.29, 1.82) is 0 Å². The number of hydrogen-bond donors (Lipinski definition) is 0. The van der Waals surface area contributed by atoms with Crippen LogP contribution in [-0.4, -0.2) is 16.9 Å². The average molecular weight is 316 g/mol. The smallest absolute Gasteiger partial charge is 0.120 e. The molecule has 1 heterocycles. The van der Waals surface area contributed by atoms with Gasteiger partial charge in [-0.2, -0.15) is 5.10 Å². The molecule has 0 saturated carbocycles. The molecule has 1 aromatic carbocycles. The summed E-state index contributed by atoms with van der Waals surface area (Å²) in [5.74, 6) is 0.744. The number of aromatic nitrogens is 2. The first-order chi connectivity index (χ1) is 8.04. The van der Waals surface area contributed by atoms with Crippen LogP contribution in [0.2, 0.25) is 5.02 Å². The number of nitrogens with zero attached hydrogens (tertiary/aromatic N) is 2. The molecule has 0 atom stereocenters. The molecule has 0 amide bonds. The van der Waals surface area contributed by atoms with Crippen LogP contribution in [0.25, 0.3) is 11.3 Å². The van der Waals surface area contributed by atoms with E-state index >= 15 is 0 Å². The maximum absolute atomic E-state index is 6.25. The predicted octanol–water partition coefficient (Wildman–Crippen LogP) is 3.82. The average Bonchev–Trinajstić information content (AvgIpc) is 2.54. The molecule has 0 aliphatic rings. The molecular weight excluding hydrogens is 304 g/mol. The highest BCUT2D eigenvalue weighted by Gasteiger charge is 2.15. The fourth-order valence-electron chi connectivity index (χ4n) is 1.74. The number of hydrogen-bond acceptors (Lipinski definition) is 2. The normalized spacial score (nSPS) is 10.6. The van der Waals surface area contributed by atoms with E-state index in [2.05, 4.69) is 21.0 Å². The van der Waals surface area contributed by atoms with E-state index in [1.807, 2.05) is 30.8 Å². The highest BCUT2D eigenvalue weighted by molar-refractivity contribution is 9.10. The van der Waals surface area contributed by atoms with E-state index in [-0.39, 0.29) is 0 Å². The van der Waals surface area contributed by atoms with E-state index in [0.29, 0.717) is 5.02 Å². The zero-order valence-corrected chi connectivity index (χ0v) is 12.1. The van der Waals surface area contributed by atoms with E-state index in [4.69, 9.17) is 16.3 Å². The van der Waals surface area contributed by atoms with Gasteiger partial charge in [0.1, 0.15) is 5.75 Å². The van der Waals surface area contributed by atoms with Crippen molar-refractivity contribution in [1.82, 2.24) is 9.78 Å². The number of benzene rings is 1. The Morgan fingerprint density at radius 3 is 2.59 bits per heavy atom. The van der Waals surface area contributed by atoms with Crippen LogP contribution in [0.5, 0.6) is 5.75 Å². The Labute approximate surface area is 113 Å². The lowest BCUT2D eigenvalue weighted by atomic mass is 10.1. The Kier molecular flexibility index (Phi) is 3.45. The van der Waals surface area contributed by atoms with Gasteiger partial charge < -0.3 is 4.74 Å². The Hall–Kier alpha value is -1.00. The molecule has 0 radical (unpaired) electrons. The second kappa shape index (κ2) is 4.70. The van der Waals surface area contributed by atoms with Crippen molar-refractivity contribution in [3.8, 4) is 17.0 Å². The van der Waals surface area contributed by atoms with Crippen molar-refractivity contribution in [2.75, 3.05) is 7.11 Å². The number of methoxy groups -OCH3 is 1. The van der Waals surface area contributed by atoms with Crippen LogP contribution in [0.1, 0.15) is 5.69 Å². The summed E-state index contributed by atoms with van der Waals surface area (Å²) in [7, 11) is 3.52. The van der Waals surface area contributed by atoms with Gasteiger partial charge in [-0.05, 0) is 41.1 Å². The number of halogens is 2. The molecule has 0 N–H and O–H groups in total. The lowest BCUT2D eigenvalue weighted by Gasteiger charge is -2.07. The molecule has 17 heavy (non-hydrogen) atoms. The van der Waals surface area contributed by atoms with Crippen molar-refractivity contribution in [2.24, 2.45) is 7.05 Å². The maximum atomic E-state index is 6.25. The summed E-state index contributed by atoms with van der Waals surface area (Å²) in [6, 6.07) is 5.62. The molecule has 0 aliphatic heterocycles. The molecule has 2 rings (SSSR count). The molecule has 0 spiro atoms. The van der Waals surface area contributed by atoms with Gasteiger partial charge in [-0.25, -0.2) is 0 Å². The van der Waals surface area contributed by atoms with Crippen molar-refractivity contribution in [3.63, 3.8) is 0 Å². The molecule has 0 saturated heterocycles. The molecule has 0 aliphatic carbocycles. The highest BCUT2D eigenvalue weighted by Crippen LogP contribution is 2.36. The van der Waals surface area contributed by atoms with E-state index < -0.39 is 0 Å². The minimum atomic E-state index is 0.646. The molecule has 0 unspecified atom stereocenters. The van der Waals surface area contributed by atoms with E-state index in [1.165, 1.54) is 0 Å². The standard InChI is InChI=1S/C12H12BrClN2O/c1-7-11(13)12(16(2)15-7)9-5-4-8(17-3)6-10(9)14/h4-6H,1-3H3. The largest absolute Gasteiger partial charge is 0.497 e. The Bertz CT molecular complexity index is 566. The van der Waals surface area contributed by atoms with Gasteiger partial charge in [-0.3, -0.25) is 4.68 Å². The lowest BCUT2D eigenvalue weighted by Crippen LogP contribution is -1.95. The van der Waals surface area contributed by atoms with Gasteiger partial charge in [0.2, 0.25) is 0 Å². The second-order valence-electron chi connectivity index (χ2n) is 3.72. The summed E-state index contributed by atoms with van der Waals surface area (Å²) >= 11 is 9.79. The van der Waals surface area contributed by atoms with Crippen LogP contribution in [0.4, 0.5) is 0 Å². The van der Waals surface area contributed by atoms with E-state index in [1.54, 1.807) is 13.2 Å². The van der Waals surface area contributed by atoms with Gasteiger partial charge in [-0.1, -0.05) is 11.6 Å². The zero-order chi connectivity index (χ0) is 12.6. The van der Waals surface area contributed by atoms with Crippen LogP contribution in [0, 0.1) is 6.92 Å². The number of ether oxygens (including phenoxy) is 1. The molecule has 3 nitrogen and oxygen atoms in total. The van der Waals surface area contributed by atoms with E-state index in [0.717, 1.165) is 27.2 Å². The summed E-state index contributed by atoms with van der Waals surface area (Å²) in [5, 5.41) is 5.00. The molecule has 2 aromatic rings. The second-order valence-corrected chi connectivity index (χ2v) is 4.92. The Balaban J connectivity index is 2.60. The van der Waals surface area contributed by atoms with Gasteiger partial charge >= 0.3 is 0 Å². The lowest BCUT2D eigenvalue weighted by molar-refractivity contribution is 0.415. The Morgan fingerprint density at radius 1 is 1.41 bits per heavy atom. The molecule has 5 heteroatoms. The monoisotopic (exact) mass is 314 g/mol. The van der Waals surface area contributed by atoms with Crippen LogP contribution in [-0.2, 0) is 7.05 Å². The number of rotatable bonds is 2. The highest BCUT2D eigenvalue weighted by atomic mass is 79.9. The van der Waals surface area contributed by atoms with Gasteiger partial charge in [-0.15, -0.1) is 0 Å². The van der Waals surface area contributed by atoms with Crippen LogP contribution >= 0.6 is 27.5 Å². The number of aryl methyl sites for hydroxylation is 2. The molecule has 90 valence electrons. The maximum Gasteiger partial charge on any atom is 0.120 e. The first-order valence-electron chi connectivity index (χ1n) is 5.07. The summed E-state index contributed by atoms with van der Waals surface area (Å²) < 4.78 is 7.91. The van der Waals surface area contributed by atoms with Crippen molar-refractivity contribution >= 4 is 27.5 Å². The van der Waals surface area contributed by atoms with Gasteiger partial charge in [0.25, 0.3) is 0 Å². The molecule has 0 fully saturated rings. The third-order valence-corrected chi connectivity index (χ3v) is 3.84. The fraction of sp³-hybridized carbons (Fsp3) is 0.250. The van der Waals surface area contributed by atoms with Crippen molar-refractivity contribution < 1.29 is 4.74 Å². The topological polar surface area (TPSA) is 27.1 Å². The van der Waals surface area contributed by atoms with Crippen LogP contribution in [0.15, 0.2) is 22.7 Å². The first-order valence-corrected chi connectivity index (χ1v) is 6.24. The summed E-state index contributed by atoms with van der Waals surface area (Å²) in [6.45, 7) is 1.95. The third-order valence-electron chi connectivity index (χ3n) is 2.58. The van der Waals surface area contributed by atoms with Crippen LogP contribution in [0.3, 0.4) is 0 Å². The Morgan fingerprint density at radius 2 is 2.12 bits per heavy atom. The third kappa shape index (κ3) is 2.19. The van der Waals surface area contributed by atoms with Crippen molar-refractivity contribution in [3.05, 3.63) is 33.4 Å². The molecule has 0 bridgehead atoms. The first kappa shape index (κ1) is 12.5.